The molecular weight excluding hydrogens is 414 g/mol. The summed E-state index contributed by atoms with van der Waals surface area (Å²) in [5.41, 5.74) is 2.94. The summed E-state index contributed by atoms with van der Waals surface area (Å²) in [6, 6.07) is 25.1. The third-order valence-corrected chi connectivity index (χ3v) is 5.11. The molecule has 4 aromatic rings. The molecular formula is C27H27N3O3. The molecule has 0 aliphatic heterocycles. The van der Waals surface area contributed by atoms with Crippen molar-refractivity contribution in [2.24, 2.45) is 0 Å². The summed E-state index contributed by atoms with van der Waals surface area (Å²) < 4.78 is 6.80. The Morgan fingerprint density at radius 3 is 2.18 bits per heavy atom. The van der Waals surface area contributed by atoms with Crippen LogP contribution in [0, 0.1) is 0 Å². The van der Waals surface area contributed by atoms with E-state index in [1.807, 2.05) is 99.6 Å². The van der Waals surface area contributed by atoms with E-state index in [4.69, 9.17) is 9.84 Å². The molecule has 0 saturated heterocycles. The second-order valence-corrected chi connectivity index (χ2v) is 8.89. The zero-order chi connectivity index (χ0) is 23.4. The molecule has 4 rings (SSSR count). The van der Waals surface area contributed by atoms with Crippen LogP contribution >= 0.6 is 0 Å². The van der Waals surface area contributed by atoms with Crippen molar-refractivity contribution in [3.05, 3.63) is 100 Å². The molecule has 1 heterocycles. The van der Waals surface area contributed by atoms with Gasteiger partial charge in [0.05, 0.1) is 17.6 Å². The second-order valence-electron chi connectivity index (χ2n) is 8.89. The van der Waals surface area contributed by atoms with Crippen LogP contribution in [0.2, 0.25) is 0 Å². The van der Waals surface area contributed by atoms with Crippen molar-refractivity contribution < 1.29 is 9.53 Å². The molecule has 0 saturated carbocycles. The van der Waals surface area contributed by atoms with Crippen molar-refractivity contribution >= 4 is 16.9 Å². The fraction of sp³-hybridized carbons (Fsp3) is 0.222. The fourth-order valence-corrected chi connectivity index (χ4v) is 3.58. The van der Waals surface area contributed by atoms with Crippen molar-refractivity contribution in [1.82, 2.24) is 15.1 Å². The van der Waals surface area contributed by atoms with Gasteiger partial charge < -0.3 is 10.1 Å². The maximum Gasteiger partial charge on any atom is 0.407 e. The van der Waals surface area contributed by atoms with E-state index in [9.17, 15) is 9.59 Å². The van der Waals surface area contributed by atoms with Gasteiger partial charge in [-0.05, 0) is 38.0 Å². The largest absolute Gasteiger partial charge is 0.444 e. The number of benzene rings is 3. The van der Waals surface area contributed by atoms with E-state index in [-0.39, 0.29) is 5.56 Å². The predicted molar refractivity (Wildman–Crippen MR) is 130 cm³/mol. The number of hydrogen-bond donors (Lipinski definition) is 1. The molecule has 0 atom stereocenters. The Hall–Kier alpha value is -3.93. The van der Waals surface area contributed by atoms with E-state index in [2.05, 4.69) is 5.32 Å². The number of alkyl carbamates (subject to hydrolysis) is 1. The Kier molecular flexibility index (Phi) is 6.27. The van der Waals surface area contributed by atoms with E-state index in [0.29, 0.717) is 18.5 Å². The first-order valence-corrected chi connectivity index (χ1v) is 10.9. The van der Waals surface area contributed by atoms with Crippen molar-refractivity contribution in [1.29, 1.82) is 0 Å². The molecule has 0 fully saturated rings. The summed E-state index contributed by atoms with van der Waals surface area (Å²) in [7, 11) is 0. The molecule has 0 unspecified atom stereocenters. The molecule has 33 heavy (non-hydrogen) atoms. The van der Waals surface area contributed by atoms with Crippen LogP contribution in [0.1, 0.15) is 31.9 Å². The Morgan fingerprint density at radius 2 is 1.52 bits per heavy atom. The number of hydrogen-bond acceptors (Lipinski definition) is 4. The topological polar surface area (TPSA) is 73.2 Å². The minimum Gasteiger partial charge on any atom is -0.444 e. The summed E-state index contributed by atoms with van der Waals surface area (Å²) in [6.07, 6.45) is -0.452. The van der Waals surface area contributed by atoms with Crippen LogP contribution in [0.15, 0.2) is 83.7 Å². The molecule has 0 spiro atoms. The molecule has 1 aromatic heterocycles. The van der Waals surface area contributed by atoms with Crippen molar-refractivity contribution in [2.45, 2.75) is 39.5 Å². The number of nitrogens with one attached hydrogen (secondary N) is 1. The van der Waals surface area contributed by atoms with Crippen LogP contribution < -0.4 is 10.9 Å². The maximum atomic E-state index is 13.1. The lowest BCUT2D eigenvalue weighted by Gasteiger charge is -2.19. The van der Waals surface area contributed by atoms with Crippen molar-refractivity contribution in [3.63, 3.8) is 0 Å². The highest BCUT2D eigenvalue weighted by molar-refractivity contribution is 5.93. The first kappa shape index (κ1) is 22.3. The standard InChI is InChI=1S/C27H27N3O3/c1-27(2,3)33-26(32)28-17-19-13-15-21(16-14-19)24-22-11-7-8-12-23(22)25(31)30(29-24)18-20-9-5-4-6-10-20/h4-16H,17-18H2,1-3H3,(H,28,32). The second kappa shape index (κ2) is 9.28. The minimum atomic E-state index is -0.538. The highest BCUT2D eigenvalue weighted by Crippen LogP contribution is 2.25. The van der Waals surface area contributed by atoms with Crippen molar-refractivity contribution in [2.75, 3.05) is 0 Å². The fourth-order valence-electron chi connectivity index (χ4n) is 3.58. The molecule has 0 bridgehead atoms. The van der Waals surface area contributed by atoms with E-state index >= 15 is 0 Å². The van der Waals surface area contributed by atoms with Gasteiger partial charge in [0.2, 0.25) is 0 Å². The SMILES string of the molecule is CC(C)(C)OC(=O)NCc1ccc(-c2nn(Cc3ccccc3)c(=O)c3ccccc23)cc1. The van der Waals surface area contributed by atoms with E-state index in [1.165, 1.54) is 4.68 Å². The predicted octanol–water partition coefficient (Wildman–Crippen LogP) is 5.14. The molecule has 6 nitrogen and oxygen atoms in total. The van der Waals surface area contributed by atoms with Crippen LogP contribution in [0.25, 0.3) is 22.0 Å². The number of carbonyl (C=O) groups excluding carboxylic acids is 1. The summed E-state index contributed by atoms with van der Waals surface area (Å²) in [5, 5.41) is 8.94. The third-order valence-electron chi connectivity index (χ3n) is 5.11. The number of nitrogens with zero attached hydrogens (tertiary/aromatic N) is 2. The number of ether oxygens (including phenoxy) is 1. The van der Waals surface area contributed by atoms with Gasteiger partial charge in [-0.1, -0.05) is 72.8 Å². The summed E-state index contributed by atoms with van der Waals surface area (Å²) in [4.78, 5) is 25.0. The monoisotopic (exact) mass is 441 g/mol. The first-order valence-electron chi connectivity index (χ1n) is 10.9. The van der Waals surface area contributed by atoms with Gasteiger partial charge in [0.1, 0.15) is 5.60 Å². The molecule has 0 aliphatic rings. The lowest BCUT2D eigenvalue weighted by molar-refractivity contribution is 0.0523. The van der Waals surface area contributed by atoms with E-state index in [0.717, 1.165) is 27.8 Å². The van der Waals surface area contributed by atoms with Gasteiger partial charge in [0, 0.05) is 17.5 Å². The maximum absolute atomic E-state index is 13.1. The highest BCUT2D eigenvalue weighted by Gasteiger charge is 2.16. The molecule has 6 heteroatoms. The van der Waals surface area contributed by atoms with Gasteiger partial charge in [-0.3, -0.25) is 4.79 Å². The Balaban J connectivity index is 1.63. The lowest BCUT2D eigenvalue weighted by Crippen LogP contribution is -2.32. The van der Waals surface area contributed by atoms with Crippen LogP contribution in [-0.2, 0) is 17.8 Å². The molecule has 0 radical (unpaired) electrons. The number of aromatic nitrogens is 2. The Bertz CT molecular complexity index is 1320. The number of amides is 1. The van der Waals surface area contributed by atoms with E-state index in [1.54, 1.807) is 0 Å². The minimum absolute atomic E-state index is 0.114. The van der Waals surface area contributed by atoms with Crippen LogP contribution in [0.3, 0.4) is 0 Å². The zero-order valence-corrected chi connectivity index (χ0v) is 19.0. The van der Waals surface area contributed by atoms with Crippen LogP contribution in [0.5, 0.6) is 0 Å². The zero-order valence-electron chi connectivity index (χ0n) is 19.0. The van der Waals surface area contributed by atoms with E-state index < -0.39 is 11.7 Å². The van der Waals surface area contributed by atoms with Crippen molar-refractivity contribution in [3.8, 4) is 11.3 Å². The summed E-state index contributed by atoms with van der Waals surface area (Å²) in [6.45, 7) is 6.24. The van der Waals surface area contributed by atoms with Crippen LogP contribution in [0.4, 0.5) is 4.79 Å². The third kappa shape index (κ3) is 5.47. The average Bonchev–Trinajstić information content (AvgIpc) is 2.80. The van der Waals surface area contributed by atoms with Crippen LogP contribution in [-0.4, -0.2) is 21.5 Å². The molecule has 1 amide bonds. The van der Waals surface area contributed by atoms with Gasteiger partial charge >= 0.3 is 6.09 Å². The molecule has 0 aliphatic carbocycles. The highest BCUT2D eigenvalue weighted by atomic mass is 16.6. The number of rotatable bonds is 5. The smallest absolute Gasteiger partial charge is 0.407 e. The number of fused-ring (bicyclic) bond motifs is 1. The van der Waals surface area contributed by atoms with Gasteiger partial charge in [0.25, 0.3) is 5.56 Å². The summed E-state index contributed by atoms with van der Waals surface area (Å²) in [5.74, 6) is 0. The normalized spacial score (nSPS) is 11.4. The lowest BCUT2D eigenvalue weighted by atomic mass is 10.0. The average molecular weight is 442 g/mol. The Labute approximate surface area is 192 Å². The van der Waals surface area contributed by atoms with Gasteiger partial charge in [-0.15, -0.1) is 0 Å². The Morgan fingerprint density at radius 1 is 0.879 bits per heavy atom. The van der Waals surface area contributed by atoms with Gasteiger partial charge in [0.15, 0.2) is 0 Å². The molecule has 3 aromatic carbocycles. The van der Waals surface area contributed by atoms with Gasteiger partial charge in [-0.2, -0.15) is 5.10 Å². The number of carbonyl (C=O) groups is 1. The quantitative estimate of drug-likeness (QED) is 0.466. The molecule has 168 valence electrons. The summed E-state index contributed by atoms with van der Waals surface area (Å²) >= 11 is 0. The first-order chi connectivity index (χ1) is 15.8. The molecule has 1 N–H and O–H groups in total. The van der Waals surface area contributed by atoms with Gasteiger partial charge in [-0.25, -0.2) is 9.48 Å².